The molecule has 1 fully saturated rings. The minimum atomic E-state index is -4.49. The van der Waals surface area contributed by atoms with E-state index in [1.54, 1.807) is 0 Å². The summed E-state index contributed by atoms with van der Waals surface area (Å²) in [5, 5.41) is 0. The van der Waals surface area contributed by atoms with Crippen molar-refractivity contribution in [1.29, 1.82) is 0 Å². The molecule has 4 nitrogen and oxygen atoms in total. The van der Waals surface area contributed by atoms with E-state index >= 15 is 0 Å². The van der Waals surface area contributed by atoms with Crippen LogP contribution in [0.3, 0.4) is 0 Å². The Hall–Kier alpha value is 0.270. The average molecular weight is 140 g/mol. The summed E-state index contributed by atoms with van der Waals surface area (Å²) in [5.41, 5.74) is 0. The second-order valence-electron chi connectivity index (χ2n) is 1.98. The first-order valence-electron chi connectivity index (χ1n) is 2.39. The van der Waals surface area contributed by atoms with Crippen LogP contribution in [0, 0.1) is 0 Å². The van der Waals surface area contributed by atoms with Gasteiger partial charge in [-0.2, -0.15) is 0 Å². The predicted molar refractivity (Wildman–Crippen MR) is 29.0 cm³/mol. The summed E-state index contributed by atoms with van der Waals surface area (Å²) in [7, 11) is -4.49. The molecular weight excluding hydrogens is 131 g/mol. The van der Waals surface area contributed by atoms with Crippen LogP contribution in [0.2, 0.25) is 0 Å². The molecule has 1 rings (SSSR count). The van der Waals surface area contributed by atoms with Gasteiger partial charge in [-0.05, 0) is 0 Å². The normalized spacial score (nSPS) is 38.1. The van der Waals surface area contributed by atoms with Gasteiger partial charge in [0.2, 0.25) is 0 Å². The number of hydrogen-bond donors (Lipinski definition) is 3. The number of rotatable bonds is 0. The van der Waals surface area contributed by atoms with Crippen molar-refractivity contribution in [3.05, 3.63) is 0 Å². The van der Waals surface area contributed by atoms with E-state index in [1.807, 2.05) is 0 Å². The molecule has 1 aliphatic heterocycles. The summed E-state index contributed by atoms with van der Waals surface area (Å²) in [4.78, 5) is 26.0. The molecule has 0 aromatic carbocycles. The van der Waals surface area contributed by atoms with Crippen LogP contribution in [0.25, 0.3) is 0 Å². The van der Waals surface area contributed by atoms with Gasteiger partial charge in [-0.1, -0.05) is 0 Å². The summed E-state index contributed by atoms with van der Waals surface area (Å²) < 4.78 is 4.32. The molecule has 1 aliphatic rings. The fourth-order valence-electron chi connectivity index (χ4n) is 0.657. The molecule has 3 N–H and O–H groups in total. The van der Waals surface area contributed by atoms with Crippen molar-refractivity contribution >= 4 is 7.51 Å². The SMILES string of the molecule is OP1(O)(O)CCCO1. The van der Waals surface area contributed by atoms with Gasteiger partial charge >= 0.3 is 45.9 Å². The van der Waals surface area contributed by atoms with Crippen LogP contribution in [-0.4, -0.2) is 27.4 Å². The molecule has 0 atom stereocenters. The zero-order chi connectivity index (χ0) is 6.28. The fraction of sp³-hybridized carbons (Fsp3) is 1.00. The van der Waals surface area contributed by atoms with E-state index in [0.717, 1.165) is 0 Å². The fourth-order valence-corrected chi connectivity index (χ4v) is 1.97. The summed E-state index contributed by atoms with van der Waals surface area (Å²) >= 11 is 0. The van der Waals surface area contributed by atoms with Crippen LogP contribution < -0.4 is 0 Å². The molecule has 0 spiro atoms. The molecule has 1 saturated heterocycles. The molecule has 8 heavy (non-hydrogen) atoms. The second kappa shape index (κ2) is 1.40. The Balaban J connectivity index is 2.67. The summed E-state index contributed by atoms with van der Waals surface area (Å²) in [6.07, 6.45) is 0.521. The molecule has 0 aromatic heterocycles. The summed E-state index contributed by atoms with van der Waals surface area (Å²) in [5.74, 6) is 0. The van der Waals surface area contributed by atoms with Gasteiger partial charge in [0, 0.05) is 0 Å². The molecule has 0 aromatic rings. The molecule has 0 saturated carbocycles. The molecule has 50 valence electrons. The first-order chi connectivity index (χ1) is 3.47. The predicted octanol–water partition coefficient (Wildman–Crippen LogP) is -0.403. The van der Waals surface area contributed by atoms with E-state index < -0.39 is 7.51 Å². The summed E-state index contributed by atoms with van der Waals surface area (Å²) in [6.45, 7) is 0.251. The van der Waals surface area contributed by atoms with E-state index in [-0.39, 0.29) is 12.8 Å². The third-order valence-corrected chi connectivity index (χ3v) is 2.86. The van der Waals surface area contributed by atoms with Crippen molar-refractivity contribution in [2.75, 3.05) is 12.8 Å². The van der Waals surface area contributed by atoms with Crippen molar-refractivity contribution in [1.82, 2.24) is 0 Å². The molecule has 5 heteroatoms. The van der Waals surface area contributed by atoms with Gasteiger partial charge in [0.1, 0.15) is 0 Å². The second-order valence-corrected chi connectivity index (χ2v) is 4.82. The first kappa shape index (κ1) is 6.39. The maximum atomic E-state index is 8.68. The van der Waals surface area contributed by atoms with Gasteiger partial charge < -0.3 is 0 Å². The zero-order valence-electron chi connectivity index (χ0n) is 4.32. The van der Waals surface area contributed by atoms with E-state index in [4.69, 9.17) is 14.7 Å². The van der Waals surface area contributed by atoms with Gasteiger partial charge in [0.25, 0.3) is 0 Å². The zero-order valence-corrected chi connectivity index (χ0v) is 5.21. The monoisotopic (exact) mass is 140 g/mol. The van der Waals surface area contributed by atoms with Gasteiger partial charge in [0.05, 0.1) is 0 Å². The molecule has 1 heterocycles. The Kier molecular flexibility index (Phi) is 1.12. The molecule has 0 unspecified atom stereocenters. The van der Waals surface area contributed by atoms with Crippen LogP contribution in [0.1, 0.15) is 6.42 Å². The van der Waals surface area contributed by atoms with Gasteiger partial charge in [-0.15, -0.1) is 0 Å². The Morgan fingerprint density at radius 3 is 2.00 bits per heavy atom. The maximum absolute atomic E-state index is 8.68. The van der Waals surface area contributed by atoms with E-state index in [9.17, 15) is 0 Å². The van der Waals surface area contributed by atoms with Crippen LogP contribution in [0.5, 0.6) is 0 Å². The summed E-state index contributed by atoms with van der Waals surface area (Å²) in [6, 6.07) is 0. The topological polar surface area (TPSA) is 69.9 Å². The van der Waals surface area contributed by atoms with Crippen LogP contribution >= 0.6 is 7.51 Å². The standard InChI is InChI=1S/C3H9O4P/c4-8(5,6)3-1-2-7-8/h4-6H,1-3H2. The van der Waals surface area contributed by atoms with Gasteiger partial charge in [-0.3, -0.25) is 0 Å². The Bertz CT molecular complexity index is 93.6. The van der Waals surface area contributed by atoms with Crippen molar-refractivity contribution < 1.29 is 19.2 Å². The van der Waals surface area contributed by atoms with Crippen molar-refractivity contribution in [3.63, 3.8) is 0 Å². The van der Waals surface area contributed by atoms with E-state index in [2.05, 4.69) is 4.52 Å². The molecular formula is C3H9O4P. The van der Waals surface area contributed by atoms with Crippen LogP contribution in [0.15, 0.2) is 0 Å². The average Bonchev–Trinajstić information content (AvgIpc) is 1.81. The quantitative estimate of drug-likeness (QED) is 0.400. The molecule has 0 aliphatic carbocycles. The van der Waals surface area contributed by atoms with Crippen molar-refractivity contribution in [2.45, 2.75) is 6.42 Å². The third kappa shape index (κ3) is 1.37. The molecule has 0 radical (unpaired) electrons. The van der Waals surface area contributed by atoms with Crippen molar-refractivity contribution in [2.24, 2.45) is 0 Å². The van der Waals surface area contributed by atoms with Crippen LogP contribution in [0.4, 0.5) is 0 Å². The first-order valence-corrected chi connectivity index (χ1v) is 4.59. The molecule has 0 amide bonds. The Morgan fingerprint density at radius 2 is 1.88 bits per heavy atom. The van der Waals surface area contributed by atoms with Gasteiger partial charge in [0.15, 0.2) is 0 Å². The Labute approximate surface area is 47.0 Å². The molecule has 0 bridgehead atoms. The van der Waals surface area contributed by atoms with Crippen molar-refractivity contribution in [3.8, 4) is 0 Å². The van der Waals surface area contributed by atoms with Crippen LogP contribution in [-0.2, 0) is 4.52 Å². The Morgan fingerprint density at radius 1 is 1.25 bits per heavy atom. The van der Waals surface area contributed by atoms with Gasteiger partial charge in [-0.25, -0.2) is 0 Å². The third-order valence-electron chi connectivity index (χ3n) is 1.05. The number of hydrogen-bond acceptors (Lipinski definition) is 4. The van der Waals surface area contributed by atoms with E-state index in [0.29, 0.717) is 6.42 Å². The minimum absolute atomic E-state index is 0.00833. The van der Waals surface area contributed by atoms with E-state index in [1.165, 1.54) is 0 Å².